The standard InChI is InChI=1S/C26H24N4O2/c1-16-12-18(14-20-6-5-11-32-20)25-22(13-16)24(21-7-3-4-8-23(21)30-25)26(31)28-15-19-9-10-27-17(2)29-19/h3-11,14,16H,12-13,15H2,1-2H3,(H,28,31). The second kappa shape index (κ2) is 8.38. The first kappa shape index (κ1) is 20.1. The van der Waals surface area contributed by atoms with E-state index in [9.17, 15) is 4.79 Å². The van der Waals surface area contributed by atoms with E-state index in [-0.39, 0.29) is 5.91 Å². The molecule has 1 amide bonds. The highest BCUT2D eigenvalue weighted by Gasteiger charge is 2.28. The Bertz CT molecular complexity index is 1330. The maximum Gasteiger partial charge on any atom is 0.252 e. The molecule has 1 unspecified atom stereocenters. The lowest BCUT2D eigenvalue weighted by Gasteiger charge is -2.26. The van der Waals surface area contributed by atoms with Crippen LogP contribution in [0.4, 0.5) is 0 Å². The van der Waals surface area contributed by atoms with Crippen LogP contribution < -0.4 is 5.32 Å². The van der Waals surface area contributed by atoms with Gasteiger partial charge < -0.3 is 9.73 Å². The van der Waals surface area contributed by atoms with Crippen molar-refractivity contribution in [2.24, 2.45) is 5.92 Å². The van der Waals surface area contributed by atoms with Gasteiger partial charge in [0, 0.05) is 11.6 Å². The zero-order valence-corrected chi connectivity index (χ0v) is 18.1. The largest absolute Gasteiger partial charge is 0.465 e. The Hall–Kier alpha value is -3.80. The van der Waals surface area contributed by atoms with Gasteiger partial charge in [0.15, 0.2) is 0 Å². The molecule has 0 bridgehead atoms. The van der Waals surface area contributed by atoms with E-state index in [1.165, 1.54) is 0 Å². The Morgan fingerprint density at radius 3 is 2.84 bits per heavy atom. The highest BCUT2D eigenvalue weighted by Crippen LogP contribution is 2.38. The first-order chi connectivity index (χ1) is 15.6. The molecule has 5 rings (SSSR count). The number of carbonyl (C=O) groups excluding carboxylic acids is 1. The van der Waals surface area contributed by atoms with Gasteiger partial charge in [0.25, 0.3) is 5.91 Å². The van der Waals surface area contributed by atoms with Crippen LogP contribution in [0.2, 0.25) is 0 Å². The predicted octanol–water partition coefficient (Wildman–Crippen LogP) is 4.98. The fraction of sp³-hybridized carbons (Fsp3) is 0.231. The first-order valence-corrected chi connectivity index (χ1v) is 10.8. The normalized spacial score (nSPS) is 16.8. The van der Waals surface area contributed by atoms with Crippen molar-refractivity contribution in [2.75, 3.05) is 0 Å². The van der Waals surface area contributed by atoms with Crippen molar-refractivity contribution in [3.63, 3.8) is 0 Å². The summed E-state index contributed by atoms with van der Waals surface area (Å²) in [7, 11) is 0. The van der Waals surface area contributed by atoms with E-state index in [2.05, 4.69) is 22.2 Å². The van der Waals surface area contributed by atoms with Gasteiger partial charge in [-0.3, -0.25) is 4.79 Å². The van der Waals surface area contributed by atoms with E-state index >= 15 is 0 Å². The molecule has 160 valence electrons. The summed E-state index contributed by atoms with van der Waals surface area (Å²) < 4.78 is 5.55. The van der Waals surface area contributed by atoms with E-state index < -0.39 is 0 Å². The fourth-order valence-corrected chi connectivity index (χ4v) is 4.40. The summed E-state index contributed by atoms with van der Waals surface area (Å²) in [5, 5.41) is 3.93. The zero-order chi connectivity index (χ0) is 22.1. The van der Waals surface area contributed by atoms with Gasteiger partial charge in [0.2, 0.25) is 0 Å². The Labute approximate surface area is 186 Å². The van der Waals surface area contributed by atoms with Crippen LogP contribution in [0.3, 0.4) is 0 Å². The molecular formula is C26H24N4O2. The summed E-state index contributed by atoms with van der Waals surface area (Å²) in [4.78, 5) is 27.0. The molecule has 1 aliphatic carbocycles. The molecule has 3 aromatic heterocycles. The molecule has 0 saturated heterocycles. The predicted molar refractivity (Wildman–Crippen MR) is 124 cm³/mol. The van der Waals surface area contributed by atoms with Crippen LogP contribution in [-0.2, 0) is 13.0 Å². The van der Waals surface area contributed by atoms with Crippen LogP contribution in [0.15, 0.2) is 59.3 Å². The quantitative estimate of drug-likeness (QED) is 0.500. The summed E-state index contributed by atoms with van der Waals surface area (Å²) in [6.45, 7) is 4.39. The number of aromatic nitrogens is 3. The fourth-order valence-electron chi connectivity index (χ4n) is 4.40. The van der Waals surface area contributed by atoms with E-state index in [1.54, 1.807) is 12.5 Å². The lowest BCUT2D eigenvalue weighted by Crippen LogP contribution is -2.27. The average molecular weight is 425 g/mol. The number of fused-ring (bicyclic) bond motifs is 2. The molecule has 0 aliphatic heterocycles. The van der Waals surface area contributed by atoms with Crippen LogP contribution >= 0.6 is 0 Å². The number of aryl methyl sites for hydroxylation is 1. The van der Waals surface area contributed by atoms with E-state index in [0.717, 1.165) is 52.0 Å². The van der Waals surface area contributed by atoms with Crippen molar-refractivity contribution >= 4 is 28.5 Å². The summed E-state index contributed by atoms with van der Waals surface area (Å²) in [6, 6.07) is 13.5. The number of nitrogens with one attached hydrogen (secondary N) is 1. The number of furan rings is 1. The number of allylic oxidation sites excluding steroid dienone is 1. The van der Waals surface area contributed by atoms with Gasteiger partial charge in [-0.1, -0.05) is 25.1 Å². The zero-order valence-electron chi connectivity index (χ0n) is 18.1. The Kier molecular flexibility index (Phi) is 5.27. The molecule has 0 spiro atoms. The minimum absolute atomic E-state index is 0.109. The second-order valence-corrected chi connectivity index (χ2v) is 8.31. The Morgan fingerprint density at radius 1 is 1.16 bits per heavy atom. The Morgan fingerprint density at radius 2 is 2.03 bits per heavy atom. The monoisotopic (exact) mass is 424 g/mol. The third kappa shape index (κ3) is 3.91. The summed E-state index contributed by atoms with van der Waals surface area (Å²) in [5.74, 6) is 1.76. The molecule has 4 aromatic rings. The first-order valence-electron chi connectivity index (χ1n) is 10.8. The minimum atomic E-state index is -0.109. The summed E-state index contributed by atoms with van der Waals surface area (Å²) >= 11 is 0. The van der Waals surface area contributed by atoms with Crippen molar-refractivity contribution in [1.82, 2.24) is 20.3 Å². The van der Waals surface area contributed by atoms with Gasteiger partial charge in [-0.15, -0.1) is 0 Å². The maximum atomic E-state index is 13.5. The van der Waals surface area contributed by atoms with Gasteiger partial charge in [0.1, 0.15) is 11.6 Å². The number of rotatable bonds is 4. The third-order valence-electron chi connectivity index (χ3n) is 5.77. The number of para-hydroxylation sites is 1. The lowest BCUT2D eigenvalue weighted by atomic mass is 9.80. The molecule has 32 heavy (non-hydrogen) atoms. The highest BCUT2D eigenvalue weighted by atomic mass is 16.3. The molecule has 1 N–H and O–H groups in total. The maximum absolute atomic E-state index is 13.5. The van der Waals surface area contributed by atoms with Crippen molar-refractivity contribution < 1.29 is 9.21 Å². The van der Waals surface area contributed by atoms with Crippen LogP contribution in [-0.4, -0.2) is 20.9 Å². The molecular weight excluding hydrogens is 400 g/mol. The van der Waals surface area contributed by atoms with Gasteiger partial charge in [-0.05, 0) is 67.2 Å². The number of amides is 1. The number of hydrogen-bond donors (Lipinski definition) is 1. The van der Waals surface area contributed by atoms with Crippen LogP contribution in [0, 0.1) is 12.8 Å². The van der Waals surface area contributed by atoms with Crippen molar-refractivity contribution in [2.45, 2.75) is 33.2 Å². The number of carbonyl (C=O) groups is 1. The van der Waals surface area contributed by atoms with Gasteiger partial charge in [-0.2, -0.15) is 0 Å². The molecule has 1 aliphatic rings. The number of benzene rings is 1. The van der Waals surface area contributed by atoms with Crippen LogP contribution in [0.1, 0.15) is 52.2 Å². The smallest absolute Gasteiger partial charge is 0.252 e. The molecule has 0 saturated carbocycles. The summed E-state index contributed by atoms with van der Waals surface area (Å²) in [6.07, 6.45) is 7.11. The van der Waals surface area contributed by atoms with E-state index in [0.29, 0.717) is 23.9 Å². The van der Waals surface area contributed by atoms with Gasteiger partial charge in [0.05, 0.1) is 35.3 Å². The van der Waals surface area contributed by atoms with Crippen LogP contribution in [0.5, 0.6) is 0 Å². The molecule has 1 atom stereocenters. The number of hydrogen-bond acceptors (Lipinski definition) is 5. The lowest BCUT2D eigenvalue weighted by molar-refractivity contribution is 0.0950. The Balaban J connectivity index is 1.60. The molecule has 1 aromatic carbocycles. The van der Waals surface area contributed by atoms with E-state index in [1.807, 2.05) is 55.5 Å². The average Bonchev–Trinajstić information content (AvgIpc) is 3.29. The van der Waals surface area contributed by atoms with Crippen molar-refractivity contribution in [1.29, 1.82) is 0 Å². The molecule has 6 nitrogen and oxygen atoms in total. The van der Waals surface area contributed by atoms with E-state index in [4.69, 9.17) is 9.40 Å². The molecule has 0 fully saturated rings. The molecule has 6 heteroatoms. The van der Waals surface area contributed by atoms with Crippen molar-refractivity contribution in [3.8, 4) is 0 Å². The molecule has 0 radical (unpaired) electrons. The van der Waals surface area contributed by atoms with Crippen LogP contribution in [0.25, 0.3) is 22.6 Å². The number of nitrogens with zero attached hydrogens (tertiary/aromatic N) is 3. The number of pyridine rings is 1. The van der Waals surface area contributed by atoms with Gasteiger partial charge >= 0.3 is 0 Å². The topological polar surface area (TPSA) is 80.9 Å². The second-order valence-electron chi connectivity index (χ2n) is 8.31. The van der Waals surface area contributed by atoms with Crippen molar-refractivity contribution in [3.05, 3.63) is 89.0 Å². The summed E-state index contributed by atoms with van der Waals surface area (Å²) in [5.41, 5.74) is 5.28. The molecule has 3 heterocycles. The minimum Gasteiger partial charge on any atom is -0.465 e. The third-order valence-corrected chi connectivity index (χ3v) is 5.77. The highest BCUT2D eigenvalue weighted by molar-refractivity contribution is 6.09. The van der Waals surface area contributed by atoms with Gasteiger partial charge in [-0.25, -0.2) is 15.0 Å². The SMILES string of the molecule is Cc1nccc(CNC(=O)c2c3c(nc4ccccc24)C(=Cc2ccco2)CC(C)C3)n1.